The molecule has 0 saturated heterocycles. The quantitative estimate of drug-likeness (QED) is 0.386. The summed E-state index contributed by atoms with van der Waals surface area (Å²) in [6, 6.07) is 13.4. The molecule has 2 aromatic carbocycles. The Bertz CT molecular complexity index is 1350. The third-order valence-electron chi connectivity index (χ3n) is 4.43. The average molecular weight is 390 g/mol. The highest BCUT2D eigenvalue weighted by molar-refractivity contribution is 7.71. The Labute approximate surface area is 163 Å². The van der Waals surface area contributed by atoms with Crippen molar-refractivity contribution < 1.29 is 9.15 Å². The number of aromatic amines is 2. The van der Waals surface area contributed by atoms with Crippen LogP contribution in [0.15, 0.2) is 53.1 Å². The van der Waals surface area contributed by atoms with Crippen LogP contribution in [0.25, 0.3) is 33.3 Å². The predicted molar refractivity (Wildman–Crippen MR) is 108 cm³/mol. The first kappa shape index (κ1) is 16.5. The molecule has 28 heavy (non-hydrogen) atoms. The van der Waals surface area contributed by atoms with Crippen LogP contribution >= 0.6 is 12.2 Å². The molecule has 0 aliphatic rings. The van der Waals surface area contributed by atoms with Crippen molar-refractivity contribution in [1.29, 1.82) is 0 Å². The molecule has 8 nitrogen and oxygen atoms in total. The smallest absolute Gasteiger partial charge is 0.284 e. The number of anilines is 2. The van der Waals surface area contributed by atoms with Crippen molar-refractivity contribution in [3.05, 3.63) is 53.5 Å². The van der Waals surface area contributed by atoms with Gasteiger partial charge < -0.3 is 14.5 Å². The van der Waals surface area contributed by atoms with E-state index in [-0.39, 0.29) is 4.84 Å². The maximum atomic E-state index is 5.33. The Morgan fingerprint density at radius 2 is 1.93 bits per heavy atom. The molecule has 0 bridgehead atoms. The first-order valence-corrected chi connectivity index (χ1v) is 8.86. The number of fused-ring (bicyclic) bond motifs is 3. The van der Waals surface area contributed by atoms with E-state index in [0.717, 1.165) is 38.8 Å². The highest BCUT2D eigenvalue weighted by Gasteiger charge is 2.12. The van der Waals surface area contributed by atoms with Crippen molar-refractivity contribution in [2.24, 2.45) is 0 Å². The number of pyridine rings is 1. The van der Waals surface area contributed by atoms with Gasteiger partial charge in [-0.2, -0.15) is 5.10 Å². The molecule has 5 aromatic rings. The van der Waals surface area contributed by atoms with Gasteiger partial charge in [-0.05, 0) is 54.7 Å². The van der Waals surface area contributed by atoms with Crippen molar-refractivity contribution in [2.75, 3.05) is 12.4 Å². The fourth-order valence-corrected chi connectivity index (χ4v) is 3.20. The molecule has 0 spiro atoms. The van der Waals surface area contributed by atoms with Gasteiger partial charge in [0.05, 0.1) is 18.8 Å². The van der Waals surface area contributed by atoms with Crippen LogP contribution in [-0.4, -0.2) is 32.5 Å². The van der Waals surface area contributed by atoms with E-state index in [9.17, 15) is 0 Å². The van der Waals surface area contributed by atoms with Crippen LogP contribution in [0.4, 0.5) is 11.5 Å². The predicted octanol–water partition coefficient (Wildman–Crippen LogP) is 4.58. The highest BCUT2D eigenvalue weighted by Crippen LogP contribution is 2.32. The molecule has 0 saturated carbocycles. The lowest BCUT2D eigenvalue weighted by atomic mass is 10.1. The Balaban J connectivity index is 1.54. The second-order valence-corrected chi connectivity index (χ2v) is 6.49. The maximum absolute atomic E-state index is 5.33. The second kappa shape index (κ2) is 6.46. The van der Waals surface area contributed by atoms with Crippen LogP contribution in [0.1, 0.15) is 0 Å². The summed E-state index contributed by atoms with van der Waals surface area (Å²) in [6.07, 6.45) is 1.79. The van der Waals surface area contributed by atoms with E-state index in [1.54, 1.807) is 13.3 Å². The monoisotopic (exact) mass is 390 g/mol. The van der Waals surface area contributed by atoms with Gasteiger partial charge in [-0.1, -0.05) is 0 Å². The van der Waals surface area contributed by atoms with Crippen molar-refractivity contribution >= 4 is 45.5 Å². The SMILES string of the molecule is COc1ccc2nc(Nc3ccc(-c4n[nH]c(=S)o4)cc3)c3[nH]ncc3c2c1. The van der Waals surface area contributed by atoms with E-state index < -0.39 is 0 Å². The number of ether oxygens (including phenoxy) is 1. The molecule has 3 N–H and O–H groups in total. The lowest BCUT2D eigenvalue weighted by Gasteiger charge is -2.10. The zero-order chi connectivity index (χ0) is 19.1. The van der Waals surface area contributed by atoms with Crippen LogP contribution in [-0.2, 0) is 0 Å². The molecule has 0 unspecified atom stereocenters. The fraction of sp³-hybridized carbons (Fsp3) is 0.0526. The van der Waals surface area contributed by atoms with E-state index in [1.165, 1.54) is 0 Å². The lowest BCUT2D eigenvalue weighted by molar-refractivity contribution is 0.415. The van der Waals surface area contributed by atoms with Crippen LogP contribution < -0.4 is 10.1 Å². The number of rotatable bonds is 4. The number of nitrogens with one attached hydrogen (secondary N) is 3. The van der Waals surface area contributed by atoms with Gasteiger partial charge in [0, 0.05) is 22.0 Å². The van der Waals surface area contributed by atoms with Gasteiger partial charge in [0.2, 0.25) is 5.89 Å². The molecule has 0 aliphatic heterocycles. The van der Waals surface area contributed by atoms with Crippen molar-refractivity contribution in [3.63, 3.8) is 0 Å². The fourth-order valence-electron chi connectivity index (χ4n) is 3.08. The molecule has 0 radical (unpaired) electrons. The molecule has 3 aromatic heterocycles. The van der Waals surface area contributed by atoms with Crippen molar-refractivity contribution in [1.82, 2.24) is 25.4 Å². The number of nitrogens with zero attached hydrogens (tertiary/aromatic N) is 3. The molecule has 5 rings (SSSR count). The van der Waals surface area contributed by atoms with Crippen LogP contribution in [0.5, 0.6) is 5.75 Å². The zero-order valence-corrected chi connectivity index (χ0v) is 15.5. The second-order valence-electron chi connectivity index (χ2n) is 6.12. The Morgan fingerprint density at radius 1 is 1.07 bits per heavy atom. The van der Waals surface area contributed by atoms with E-state index in [2.05, 4.69) is 25.7 Å². The zero-order valence-electron chi connectivity index (χ0n) is 14.7. The van der Waals surface area contributed by atoms with Gasteiger partial charge in [-0.3, -0.25) is 5.10 Å². The first-order valence-electron chi connectivity index (χ1n) is 8.45. The van der Waals surface area contributed by atoms with Crippen LogP contribution in [0.3, 0.4) is 0 Å². The van der Waals surface area contributed by atoms with E-state index >= 15 is 0 Å². The molecule has 9 heteroatoms. The maximum Gasteiger partial charge on any atom is 0.284 e. The minimum absolute atomic E-state index is 0.246. The minimum Gasteiger partial charge on any atom is -0.497 e. The standard InChI is InChI=1S/C19H14N6O2S/c1-26-12-6-7-15-13(8-12)14-9-20-23-16(14)17(22-15)21-11-4-2-10(3-5-11)18-24-25-19(28)27-18/h2-9H,1H3,(H,20,23)(H,21,22)(H,25,28). The number of hydrogen-bond donors (Lipinski definition) is 3. The summed E-state index contributed by atoms with van der Waals surface area (Å²) >= 11 is 4.91. The van der Waals surface area contributed by atoms with Gasteiger partial charge in [-0.25, -0.2) is 10.1 Å². The number of hydrogen-bond acceptors (Lipinski definition) is 7. The number of benzene rings is 2. The molecule has 0 fully saturated rings. The summed E-state index contributed by atoms with van der Waals surface area (Å²) in [5, 5.41) is 19.1. The van der Waals surface area contributed by atoms with Crippen molar-refractivity contribution in [2.45, 2.75) is 0 Å². The molecular formula is C19H14N6O2S. The molecule has 0 amide bonds. The summed E-state index contributed by atoms with van der Waals surface area (Å²) in [6.45, 7) is 0. The summed E-state index contributed by atoms with van der Waals surface area (Å²) in [5.41, 5.74) is 3.36. The Kier molecular flexibility index (Phi) is 3.80. The van der Waals surface area contributed by atoms with Gasteiger partial charge >= 0.3 is 0 Å². The summed E-state index contributed by atoms with van der Waals surface area (Å²) in [5.74, 6) is 1.92. The summed E-state index contributed by atoms with van der Waals surface area (Å²) < 4.78 is 10.7. The van der Waals surface area contributed by atoms with E-state index in [1.807, 2.05) is 42.5 Å². The van der Waals surface area contributed by atoms with Gasteiger partial charge in [-0.15, -0.1) is 5.10 Å². The number of H-pyrrole nitrogens is 2. The van der Waals surface area contributed by atoms with Crippen LogP contribution in [0.2, 0.25) is 0 Å². The molecule has 0 atom stereocenters. The largest absolute Gasteiger partial charge is 0.497 e. The van der Waals surface area contributed by atoms with E-state index in [0.29, 0.717) is 11.7 Å². The molecular weight excluding hydrogens is 376 g/mol. The van der Waals surface area contributed by atoms with Gasteiger partial charge in [0.15, 0.2) is 5.82 Å². The highest BCUT2D eigenvalue weighted by atomic mass is 32.1. The molecule has 138 valence electrons. The Hall–Kier alpha value is -3.72. The Morgan fingerprint density at radius 3 is 2.68 bits per heavy atom. The first-order chi connectivity index (χ1) is 13.7. The molecule has 0 aliphatic carbocycles. The summed E-state index contributed by atoms with van der Waals surface area (Å²) in [4.78, 5) is 4.99. The average Bonchev–Trinajstić information content (AvgIpc) is 3.38. The van der Waals surface area contributed by atoms with Gasteiger partial charge in [0.25, 0.3) is 4.84 Å². The van der Waals surface area contributed by atoms with Crippen molar-refractivity contribution in [3.8, 4) is 17.2 Å². The topological polar surface area (TPSA) is 105 Å². The summed E-state index contributed by atoms with van der Waals surface area (Å²) in [7, 11) is 1.65. The van der Waals surface area contributed by atoms with E-state index in [4.69, 9.17) is 26.4 Å². The number of aromatic nitrogens is 5. The lowest BCUT2D eigenvalue weighted by Crippen LogP contribution is -1.96. The van der Waals surface area contributed by atoms with Gasteiger partial charge in [0.1, 0.15) is 11.3 Å². The third-order valence-corrected chi connectivity index (χ3v) is 4.61. The molecule has 3 heterocycles. The van der Waals surface area contributed by atoms with Crippen LogP contribution in [0, 0.1) is 4.84 Å². The third kappa shape index (κ3) is 2.78. The normalized spacial score (nSPS) is 11.2. The minimum atomic E-state index is 0.246. The number of methoxy groups -OCH3 is 1.